The van der Waals surface area contributed by atoms with Gasteiger partial charge in [-0.15, -0.1) is 0 Å². The number of amides is 2. The van der Waals surface area contributed by atoms with Crippen LogP contribution < -0.4 is 20.1 Å². The molecule has 0 aliphatic carbocycles. The predicted octanol–water partition coefficient (Wildman–Crippen LogP) is 3.69. The van der Waals surface area contributed by atoms with E-state index in [1.807, 2.05) is 32.0 Å². The molecule has 2 amide bonds. The van der Waals surface area contributed by atoms with E-state index in [2.05, 4.69) is 15.7 Å². The van der Waals surface area contributed by atoms with E-state index in [-0.39, 0.29) is 17.9 Å². The fourth-order valence-corrected chi connectivity index (χ4v) is 3.58. The second-order valence-corrected chi connectivity index (χ2v) is 7.42. The van der Waals surface area contributed by atoms with Crippen LogP contribution in [0.1, 0.15) is 29.8 Å². The van der Waals surface area contributed by atoms with Crippen molar-refractivity contribution in [3.63, 3.8) is 0 Å². The van der Waals surface area contributed by atoms with E-state index in [1.165, 1.54) is 12.1 Å². The van der Waals surface area contributed by atoms with E-state index in [1.54, 1.807) is 23.0 Å². The minimum atomic E-state index is -0.295. The smallest absolute Gasteiger partial charge is 0.315 e. The van der Waals surface area contributed by atoms with Gasteiger partial charge < -0.3 is 20.1 Å². The fourth-order valence-electron chi connectivity index (χ4n) is 3.58. The summed E-state index contributed by atoms with van der Waals surface area (Å²) >= 11 is 0. The molecule has 31 heavy (non-hydrogen) atoms. The fraction of sp³-hybridized carbons (Fsp3) is 0.304. The zero-order chi connectivity index (χ0) is 21.8. The van der Waals surface area contributed by atoms with Crippen LogP contribution in [-0.4, -0.2) is 35.6 Å². The first-order valence-electron chi connectivity index (χ1n) is 10.2. The van der Waals surface area contributed by atoms with Gasteiger partial charge in [-0.3, -0.25) is 0 Å². The summed E-state index contributed by atoms with van der Waals surface area (Å²) in [5.74, 6) is 1.21. The van der Waals surface area contributed by atoms with E-state index in [0.29, 0.717) is 26.2 Å². The highest BCUT2D eigenvalue weighted by Crippen LogP contribution is 2.30. The summed E-state index contributed by atoms with van der Waals surface area (Å²) in [5.41, 5.74) is 3.61. The number of urea groups is 1. The first-order chi connectivity index (χ1) is 15.0. The number of carbonyl (C=O) groups excluding carboxylic acids is 1. The monoisotopic (exact) mass is 424 g/mol. The third kappa shape index (κ3) is 4.79. The summed E-state index contributed by atoms with van der Waals surface area (Å²) in [6, 6.07) is 11.5. The Morgan fingerprint density at radius 1 is 1.16 bits per heavy atom. The van der Waals surface area contributed by atoms with Gasteiger partial charge in [0, 0.05) is 17.8 Å². The minimum absolute atomic E-state index is 0.233. The normalized spacial score (nSPS) is 13.5. The number of halogens is 1. The maximum Gasteiger partial charge on any atom is 0.315 e. The first-order valence-corrected chi connectivity index (χ1v) is 10.2. The van der Waals surface area contributed by atoms with Crippen molar-refractivity contribution in [3.05, 3.63) is 71.3 Å². The molecule has 1 aromatic heterocycles. The highest BCUT2D eigenvalue weighted by atomic mass is 19.1. The van der Waals surface area contributed by atoms with Gasteiger partial charge in [-0.2, -0.15) is 5.10 Å². The maximum absolute atomic E-state index is 13.2. The van der Waals surface area contributed by atoms with Crippen LogP contribution in [0.15, 0.2) is 48.7 Å². The maximum atomic E-state index is 13.2. The zero-order valence-corrected chi connectivity index (χ0v) is 17.5. The van der Waals surface area contributed by atoms with Gasteiger partial charge in [-0.1, -0.05) is 6.07 Å². The predicted molar refractivity (Wildman–Crippen MR) is 114 cm³/mol. The zero-order valence-electron chi connectivity index (χ0n) is 17.5. The topological polar surface area (TPSA) is 77.4 Å². The van der Waals surface area contributed by atoms with Gasteiger partial charge in [-0.25, -0.2) is 13.9 Å². The third-order valence-electron chi connectivity index (χ3n) is 5.24. The summed E-state index contributed by atoms with van der Waals surface area (Å²) in [6.45, 7) is 5.43. The van der Waals surface area contributed by atoms with Crippen LogP contribution in [0.5, 0.6) is 11.5 Å². The summed E-state index contributed by atoms with van der Waals surface area (Å²) in [4.78, 5) is 12.3. The molecule has 162 valence electrons. The molecule has 1 aliphatic rings. The lowest BCUT2D eigenvalue weighted by molar-refractivity contribution is 0.171. The van der Waals surface area contributed by atoms with Crippen molar-refractivity contribution in [3.8, 4) is 17.2 Å². The van der Waals surface area contributed by atoms with Crippen LogP contribution in [0.25, 0.3) is 5.69 Å². The summed E-state index contributed by atoms with van der Waals surface area (Å²) in [5, 5.41) is 10.2. The molecule has 0 saturated heterocycles. The Balaban J connectivity index is 1.30. The molecule has 0 saturated carbocycles. The summed E-state index contributed by atoms with van der Waals surface area (Å²) in [7, 11) is 0. The lowest BCUT2D eigenvalue weighted by Gasteiger charge is -2.19. The van der Waals surface area contributed by atoms with Crippen LogP contribution in [0.4, 0.5) is 9.18 Å². The number of rotatable bonds is 6. The van der Waals surface area contributed by atoms with Crippen molar-refractivity contribution in [1.82, 2.24) is 20.4 Å². The average Bonchev–Trinajstić information content (AvgIpc) is 3.15. The molecule has 0 bridgehead atoms. The van der Waals surface area contributed by atoms with Gasteiger partial charge in [0.15, 0.2) is 11.5 Å². The Morgan fingerprint density at radius 2 is 1.90 bits per heavy atom. The highest BCUT2D eigenvalue weighted by Gasteiger charge is 2.16. The van der Waals surface area contributed by atoms with Crippen LogP contribution in [0, 0.1) is 12.7 Å². The Morgan fingerprint density at radius 3 is 2.68 bits per heavy atom. The van der Waals surface area contributed by atoms with Crippen molar-refractivity contribution in [2.75, 3.05) is 19.8 Å². The summed E-state index contributed by atoms with van der Waals surface area (Å²) in [6.07, 6.45) is 2.40. The van der Waals surface area contributed by atoms with E-state index >= 15 is 0 Å². The van der Waals surface area contributed by atoms with Gasteiger partial charge in [0.1, 0.15) is 19.0 Å². The molecule has 1 atom stereocenters. The molecule has 0 spiro atoms. The van der Waals surface area contributed by atoms with Crippen LogP contribution in [0.2, 0.25) is 0 Å². The van der Waals surface area contributed by atoms with Crippen molar-refractivity contribution >= 4 is 6.03 Å². The first kappa shape index (κ1) is 20.7. The molecule has 2 N–H and O–H groups in total. The van der Waals surface area contributed by atoms with Gasteiger partial charge >= 0.3 is 6.03 Å². The van der Waals surface area contributed by atoms with Gasteiger partial charge in [0.25, 0.3) is 0 Å². The molecule has 3 aromatic rings. The number of fused-ring (bicyclic) bond motifs is 1. The number of hydrogen-bond acceptors (Lipinski definition) is 4. The number of aromatic nitrogens is 2. The molecule has 1 aliphatic heterocycles. The molecule has 2 aromatic carbocycles. The van der Waals surface area contributed by atoms with E-state index in [4.69, 9.17) is 9.47 Å². The van der Waals surface area contributed by atoms with E-state index in [9.17, 15) is 9.18 Å². The Kier molecular flexibility index (Phi) is 6.06. The molecule has 7 nitrogen and oxygen atoms in total. The van der Waals surface area contributed by atoms with Gasteiger partial charge in [0.2, 0.25) is 0 Å². The largest absolute Gasteiger partial charge is 0.486 e. The molecule has 2 heterocycles. The number of ether oxygens (including phenoxy) is 2. The molecule has 8 heteroatoms. The number of benzene rings is 2. The highest BCUT2D eigenvalue weighted by molar-refractivity contribution is 5.74. The SMILES string of the molecule is Cc1c([C@H](C)NC(=O)NCCc2ccc3c(c2)OCCO3)cnn1-c1ccc(F)cc1. The van der Waals surface area contributed by atoms with Gasteiger partial charge in [0.05, 0.1) is 17.9 Å². The molecule has 0 unspecified atom stereocenters. The Hall–Kier alpha value is -3.55. The molecular weight excluding hydrogens is 399 g/mol. The standard InChI is InChI=1S/C23H25FN4O3/c1-15(20-14-26-28(16(20)2)19-6-4-18(24)5-7-19)27-23(29)25-10-9-17-3-8-21-22(13-17)31-12-11-30-21/h3-8,13-15H,9-12H2,1-2H3,(H2,25,27,29)/t15-/m0/s1. The average molecular weight is 424 g/mol. The van der Waals surface area contributed by atoms with E-state index < -0.39 is 0 Å². The molecule has 0 fully saturated rings. The van der Waals surface area contributed by atoms with Crippen LogP contribution in [0.3, 0.4) is 0 Å². The minimum Gasteiger partial charge on any atom is -0.486 e. The van der Waals surface area contributed by atoms with Gasteiger partial charge in [-0.05, 0) is 62.2 Å². The van der Waals surface area contributed by atoms with Crippen LogP contribution >= 0.6 is 0 Å². The van der Waals surface area contributed by atoms with Crippen LogP contribution in [-0.2, 0) is 6.42 Å². The van der Waals surface area contributed by atoms with Crippen molar-refractivity contribution < 1.29 is 18.7 Å². The Labute approximate surface area is 180 Å². The third-order valence-corrected chi connectivity index (χ3v) is 5.24. The number of nitrogens with zero attached hydrogens (tertiary/aromatic N) is 2. The van der Waals surface area contributed by atoms with Crippen molar-refractivity contribution in [1.29, 1.82) is 0 Å². The second-order valence-electron chi connectivity index (χ2n) is 7.42. The number of nitrogens with one attached hydrogen (secondary N) is 2. The van der Waals surface area contributed by atoms with Crippen molar-refractivity contribution in [2.45, 2.75) is 26.3 Å². The molecular formula is C23H25FN4O3. The molecule has 4 rings (SSSR count). The number of hydrogen-bond donors (Lipinski definition) is 2. The number of carbonyl (C=O) groups is 1. The quantitative estimate of drug-likeness (QED) is 0.633. The lowest BCUT2D eigenvalue weighted by Crippen LogP contribution is -2.38. The molecule has 0 radical (unpaired) electrons. The van der Waals surface area contributed by atoms with Crippen molar-refractivity contribution in [2.24, 2.45) is 0 Å². The lowest BCUT2D eigenvalue weighted by atomic mass is 10.1. The second kappa shape index (κ2) is 9.07. The van der Waals surface area contributed by atoms with E-state index in [0.717, 1.165) is 34.0 Å². The Bertz CT molecular complexity index is 1070. The summed E-state index contributed by atoms with van der Waals surface area (Å²) < 4.78 is 26.0.